The van der Waals surface area contributed by atoms with E-state index in [1.165, 1.54) is 11.3 Å². The lowest BCUT2D eigenvalue weighted by molar-refractivity contribution is 0.0597. The molecule has 1 amide bonds. The van der Waals surface area contributed by atoms with Crippen molar-refractivity contribution in [2.45, 2.75) is 18.9 Å². The molecule has 1 fully saturated rings. The fourth-order valence-corrected chi connectivity index (χ4v) is 4.87. The molecule has 4 aromatic rings. The second-order valence-corrected chi connectivity index (χ2v) is 8.44. The van der Waals surface area contributed by atoms with Gasteiger partial charge in [0.2, 0.25) is 0 Å². The van der Waals surface area contributed by atoms with E-state index < -0.39 is 0 Å². The number of piperidine rings is 1. The highest BCUT2D eigenvalue weighted by atomic mass is 32.1. The van der Waals surface area contributed by atoms with E-state index in [2.05, 4.69) is 4.98 Å². The Morgan fingerprint density at radius 1 is 1.07 bits per heavy atom. The molecule has 1 aromatic heterocycles. The van der Waals surface area contributed by atoms with E-state index in [-0.39, 0.29) is 12.0 Å². The van der Waals surface area contributed by atoms with Crippen LogP contribution in [-0.4, -0.2) is 42.1 Å². The molecule has 2 heterocycles. The summed E-state index contributed by atoms with van der Waals surface area (Å²) in [6, 6.07) is 19.8. The summed E-state index contributed by atoms with van der Waals surface area (Å²) in [6.45, 7) is 1.37. The zero-order chi connectivity index (χ0) is 20.5. The van der Waals surface area contributed by atoms with Crippen LogP contribution in [0.3, 0.4) is 0 Å². The number of rotatable bonds is 4. The van der Waals surface area contributed by atoms with Gasteiger partial charge in [-0.2, -0.15) is 0 Å². The molecule has 0 saturated carbocycles. The highest BCUT2D eigenvalue weighted by Crippen LogP contribution is 2.32. The van der Waals surface area contributed by atoms with Gasteiger partial charge in [0.05, 0.1) is 17.3 Å². The van der Waals surface area contributed by atoms with Crippen molar-refractivity contribution in [1.82, 2.24) is 9.88 Å². The van der Waals surface area contributed by atoms with E-state index in [4.69, 9.17) is 9.47 Å². The number of hydrogen-bond donors (Lipinski definition) is 0. The number of likely N-dealkylation sites (tertiary alicyclic amines) is 1. The lowest BCUT2D eigenvalue weighted by Gasteiger charge is -2.32. The SMILES string of the molecule is COc1ccc2nc(OC3CCN(C(=O)c4cccc5ccccc45)CC3)sc2c1. The number of aromatic nitrogens is 1. The Labute approximate surface area is 178 Å². The Hall–Kier alpha value is -3.12. The highest BCUT2D eigenvalue weighted by molar-refractivity contribution is 7.20. The Morgan fingerprint density at radius 3 is 2.70 bits per heavy atom. The van der Waals surface area contributed by atoms with Gasteiger partial charge < -0.3 is 14.4 Å². The topological polar surface area (TPSA) is 51.7 Å². The zero-order valence-electron chi connectivity index (χ0n) is 16.7. The van der Waals surface area contributed by atoms with Crippen LogP contribution in [0.25, 0.3) is 21.0 Å². The molecule has 6 heteroatoms. The third kappa shape index (κ3) is 3.59. The first-order valence-corrected chi connectivity index (χ1v) is 10.9. The summed E-state index contributed by atoms with van der Waals surface area (Å²) in [7, 11) is 1.66. The Bertz CT molecular complexity index is 1210. The second kappa shape index (κ2) is 7.95. The van der Waals surface area contributed by atoms with Crippen LogP contribution in [0.4, 0.5) is 0 Å². The Morgan fingerprint density at radius 2 is 1.87 bits per heavy atom. The lowest BCUT2D eigenvalue weighted by Crippen LogP contribution is -2.41. The molecule has 1 saturated heterocycles. The van der Waals surface area contributed by atoms with E-state index in [0.29, 0.717) is 18.3 Å². The van der Waals surface area contributed by atoms with Gasteiger partial charge >= 0.3 is 0 Å². The number of fused-ring (bicyclic) bond motifs is 2. The summed E-state index contributed by atoms with van der Waals surface area (Å²) in [5, 5.41) is 2.78. The van der Waals surface area contributed by atoms with Crippen molar-refractivity contribution in [3.05, 3.63) is 66.2 Å². The molecule has 30 heavy (non-hydrogen) atoms. The standard InChI is InChI=1S/C24H22N2O3S/c1-28-18-9-10-21-22(15-18)30-24(25-21)29-17-11-13-26(14-12-17)23(27)20-8-4-6-16-5-2-3-7-19(16)20/h2-10,15,17H,11-14H2,1H3. The maximum atomic E-state index is 13.1. The van der Waals surface area contributed by atoms with Crippen LogP contribution in [0, 0.1) is 0 Å². The maximum Gasteiger partial charge on any atom is 0.274 e. The van der Waals surface area contributed by atoms with E-state index in [1.54, 1.807) is 7.11 Å². The van der Waals surface area contributed by atoms with Crippen LogP contribution in [-0.2, 0) is 0 Å². The highest BCUT2D eigenvalue weighted by Gasteiger charge is 2.26. The van der Waals surface area contributed by atoms with Gasteiger partial charge in [-0.1, -0.05) is 47.7 Å². The molecule has 0 unspecified atom stereocenters. The average Bonchev–Trinajstić information content (AvgIpc) is 3.20. The molecule has 152 valence electrons. The van der Waals surface area contributed by atoms with Gasteiger partial charge in [0.15, 0.2) is 0 Å². The third-order valence-corrected chi connectivity index (χ3v) is 6.50. The molecule has 0 spiro atoms. The maximum absolute atomic E-state index is 13.1. The fourth-order valence-electron chi connectivity index (χ4n) is 3.96. The van der Waals surface area contributed by atoms with Crippen molar-refractivity contribution < 1.29 is 14.3 Å². The second-order valence-electron chi connectivity index (χ2n) is 7.45. The van der Waals surface area contributed by atoms with Gasteiger partial charge in [-0.25, -0.2) is 4.98 Å². The molecule has 5 rings (SSSR count). The molecule has 5 nitrogen and oxygen atoms in total. The smallest absolute Gasteiger partial charge is 0.274 e. The molecular weight excluding hydrogens is 396 g/mol. The molecule has 0 atom stereocenters. The first-order valence-electron chi connectivity index (χ1n) is 10.1. The lowest BCUT2D eigenvalue weighted by atomic mass is 10.0. The summed E-state index contributed by atoms with van der Waals surface area (Å²) >= 11 is 1.53. The molecule has 1 aliphatic rings. The van der Waals surface area contributed by atoms with Crippen molar-refractivity contribution in [1.29, 1.82) is 0 Å². The summed E-state index contributed by atoms with van der Waals surface area (Å²) in [5.41, 5.74) is 1.69. The summed E-state index contributed by atoms with van der Waals surface area (Å²) in [6.07, 6.45) is 1.68. The summed E-state index contributed by atoms with van der Waals surface area (Å²) in [4.78, 5) is 19.6. The molecule has 0 bridgehead atoms. The number of carbonyl (C=O) groups excluding carboxylic acids is 1. The normalized spacial score (nSPS) is 14.9. The van der Waals surface area contributed by atoms with E-state index >= 15 is 0 Å². The minimum Gasteiger partial charge on any atom is -0.497 e. The predicted molar refractivity (Wildman–Crippen MR) is 120 cm³/mol. The molecule has 0 N–H and O–H groups in total. The predicted octanol–water partition coefficient (Wildman–Crippen LogP) is 5.14. The van der Waals surface area contributed by atoms with Crippen LogP contribution >= 0.6 is 11.3 Å². The number of nitrogens with zero attached hydrogens (tertiary/aromatic N) is 2. The molecular formula is C24H22N2O3S. The van der Waals surface area contributed by atoms with Crippen LogP contribution in [0.1, 0.15) is 23.2 Å². The largest absolute Gasteiger partial charge is 0.497 e. The number of hydrogen-bond acceptors (Lipinski definition) is 5. The summed E-state index contributed by atoms with van der Waals surface area (Å²) < 4.78 is 12.5. The van der Waals surface area contributed by atoms with Gasteiger partial charge in [0.25, 0.3) is 11.1 Å². The van der Waals surface area contributed by atoms with Crippen LogP contribution in [0.2, 0.25) is 0 Å². The van der Waals surface area contributed by atoms with Crippen LogP contribution in [0.5, 0.6) is 10.9 Å². The van der Waals surface area contributed by atoms with Crippen molar-refractivity contribution in [3.63, 3.8) is 0 Å². The minimum absolute atomic E-state index is 0.0732. The average molecular weight is 419 g/mol. The van der Waals surface area contributed by atoms with Crippen LogP contribution in [0.15, 0.2) is 60.7 Å². The van der Waals surface area contributed by atoms with Gasteiger partial charge in [-0.05, 0) is 35.0 Å². The minimum atomic E-state index is 0.0732. The van der Waals surface area contributed by atoms with E-state index in [9.17, 15) is 4.79 Å². The van der Waals surface area contributed by atoms with E-state index in [1.807, 2.05) is 65.6 Å². The molecule has 0 radical (unpaired) electrons. The van der Waals surface area contributed by atoms with Crippen molar-refractivity contribution in [2.75, 3.05) is 20.2 Å². The summed E-state index contributed by atoms with van der Waals surface area (Å²) in [5.74, 6) is 0.912. The fraction of sp³-hybridized carbons (Fsp3) is 0.250. The number of amides is 1. The first-order chi connectivity index (χ1) is 14.7. The van der Waals surface area contributed by atoms with Gasteiger partial charge in [-0.15, -0.1) is 0 Å². The molecule has 1 aliphatic heterocycles. The molecule has 3 aromatic carbocycles. The van der Waals surface area contributed by atoms with Crippen molar-refractivity contribution in [2.24, 2.45) is 0 Å². The zero-order valence-corrected chi connectivity index (χ0v) is 17.5. The van der Waals surface area contributed by atoms with Gasteiger partial charge in [0, 0.05) is 31.5 Å². The third-order valence-electron chi connectivity index (χ3n) is 5.59. The van der Waals surface area contributed by atoms with Crippen molar-refractivity contribution in [3.8, 4) is 10.9 Å². The number of carbonyl (C=O) groups is 1. The number of thiazole rings is 1. The number of methoxy groups -OCH3 is 1. The quantitative estimate of drug-likeness (QED) is 0.460. The number of benzene rings is 3. The van der Waals surface area contributed by atoms with E-state index in [0.717, 1.165) is 45.1 Å². The van der Waals surface area contributed by atoms with Crippen molar-refractivity contribution >= 4 is 38.2 Å². The Kier molecular flexibility index (Phi) is 5.01. The molecule has 0 aliphatic carbocycles. The monoisotopic (exact) mass is 418 g/mol. The van der Waals surface area contributed by atoms with Crippen LogP contribution < -0.4 is 9.47 Å². The van der Waals surface area contributed by atoms with Gasteiger partial charge in [-0.3, -0.25) is 4.79 Å². The Balaban J connectivity index is 1.25. The first kappa shape index (κ1) is 18.9. The van der Waals surface area contributed by atoms with Gasteiger partial charge in [0.1, 0.15) is 11.9 Å². The number of ether oxygens (including phenoxy) is 2.